The summed E-state index contributed by atoms with van der Waals surface area (Å²) in [5.41, 5.74) is 24.6. The molecule has 11 aromatic rings. The Hall–Kier alpha value is -7.94. The summed E-state index contributed by atoms with van der Waals surface area (Å²) < 4.78 is 1.14. The molecule has 0 unspecified atom stereocenters. The van der Waals surface area contributed by atoms with E-state index in [-0.39, 0.29) is 33.1 Å². The van der Waals surface area contributed by atoms with Crippen LogP contribution in [0.3, 0.4) is 0 Å². The lowest BCUT2D eigenvalue weighted by Gasteiger charge is -2.50. The number of thiophene rings is 1. The number of thioether (sulfide) groups is 1. The van der Waals surface area contributed by atoms with Crippen molar-refractivity contribution in [2.24, 2.45) is 0 Å². The largest absolute Gasteiger partial charge is 0.355 e. The molecule has 10 aromatic carbocycles. The van der Waals surface area contributed by atoms with Gasteiger partial charge in [0, 0.05) is 73.7 Å². The van der Waals surface area contributed by atoms with Crippen LogP contribution in [0.4, 0.5) is 45.5 Å². The van der Waals surface area contributed by atoms with Crippen molar-refractivity contribution in [1.29, 1.82) is 0 Å². The topological polar surface area (TPSA) is 18.5 Å². The molecule has 0 amide bonds. The molecule has 1 aromatic heterocycles. The van der Waals surface area contributed by atoms with Crippen LogP contribution in [-0.4, -0.2) is 6.71 Å². The quantitative estimate of drug-likeness (QED) is 0.160. The first-order chi connectivity index (χ1) is 42.8. The Morgan fingerprint density at radius 3 is 1.60 bits per heavy atom. The maximum atomic E-state index is 4.29. The number of nitrogens with zero attached hydrogens (tertiary/aromatic N) is 2. The minimum atomic E-state index is -1.97. The zero-order valence-corrected chi connectivity index (χ0v) is 55.5. The molecule has 5 aliphatic rings. The van der Waals surface area contributed by atoms with Crippen molar-refractivity contribution in [2.45, 2.75) is 140 Å². The first kappa shape index (κ1) is 56.3. The van der Waals surface area contributed by atoms with E-state index < -0.39 is 10.0 Å². The number of rotatable bonds is 7. The van der Waals surface area contributed by atoms with Crippen molar-refractivity contribution in [3.8, 4) is 11.1 Å². The van der Waals surface area contributed by atoms with Gasteiger partial charge in [-0.2, -0.15) is 11.3 Å². The Kier molecular flexibility index (Phi) is 12.7. The summed E-state index contributed by atoms with van der Waals surface area (Å²) in [5.74, 6) is 0. The highest BCUT2D eigenvalue weighted by atomic mass is 32.3. The van der Waals surface area contributed by atoms with E-state index in [4.69, 9.17) is 0 Å². The molecule has 1 spiro atoms. The summed E-state index contributed by atoms with van der Waals surface area (Å²) in [4.78, 5) is 13.5. The average Bonchev–Trinajstić information content (AvgIpc) is 1.69. The summed E-state index contributed by atoms with van der Waals surface area (Å²) in [6.07, 6.45) is 2.01. The number of aryl methyl sites for hydroxylation is 1. The fourth-order valence-electron chi connectivity index (χ4n) is 16.4. The third-order valence-electron chi connectivity index (χ3n) is 20.1. The maximum Gasteiger partial charge on any atom is 0.262 e. The van der Waals surface area contributed by atoms with Gasteiger partial charge < -0.3 is 15.1 Å². The Morgan fingerprint density at radius 2 is 1.02 bits per heavy atom. The second-order valence-corrected chi connectivity index (χ2v) is 34.4. The van der Waals surface area contributed by atoms with Gasteiger partial charge in [0.25, 0.3) is 6.71 Å². The van der Waals surface area contributed by atoms with E-state index in [0.717, 1.165) is 29.9 Å². The number of fused-ring (bicyclic) bond motifs is 11. The Morgan fingerprint density at radius 1 is 0.506 bits per heavy atom. The lowest BCUT2D eigenvalue weighted by molar-refractivity contribution is 0.405. The molecule has 0 saturated heterocycles. The molecule has 4 heterocycles. The van der Waals surface area contributed by atoms with E-state index in [0.29, 0.717) is 0 Å². The van der Waals surface area contributed by atoms with E-state index in [2.05, 4.69) is 345 Å². The minimum absolute atomic E-state index is 0.0198. The zero-order chi connectivity index (χ0) is 61.1. The molecule has 3 nitrogen and oxygen atoms in total. The molecule has 0 atom stereocenters. The minimum Gasteiger partial charge on any atom is -0.355 e. The first-order valence-corrected chi connectivity index (χ1v) is 35.1. The van der Waals surface area contributed by atoms with Crippen LogP contribution < -0.4 is 30.8 Å². The highest BCUT2D eigenvalue weighted by Gasteiger charge is 2.53. The molecule has 0 fully saturated rings. The number of benzene rings is 10. The van der Waals surface area contributed by atoms with Gasteiger partial charge in [-0.15, -0.1) is 21.8 Å². The average molecular weight is 1210 g/mol. The Labute approximate surface area is 537 Å². The van der Waals surface area contributed by atoms with Gasteiger partial charge in [-0.25, -0.2) is 0 Å². The van der Waals surface area contributed by atoms with E-state index >= 15 is 0 Å². The summed E-state index contributed by atoms with van der Waals surface area (Å²) in [6.45, 7) is 26.2. The summed E-state index contributed by atoms with van der Waals surface area (Å²) in [6, 6.07) is 89.1. The van der Waals surface area contributed by atoms with Crippen LogP contribution in [-0.2, 0) is 32.8 Å². The van der Waals surface area contributed by atoms with E-state index in [9.17, 15) is 0 Å². The van der Waals surface area contributed by atoms with Gasteiger partial charge in [0.15, 0.2) is 0 Å². The number of para-hydroxylation sites is 2. The Balaban J connectivity index is 0.982. The van der Waals surface area contributed by atoms with Crippen LogP contribution in [0.1, 0.15) is 119 Å². The van der Waals surface area contributed by atoms with Crippen LogP contribution in [0.2, 0.25) is 0 Å². The molecule has 3 aliphatic heterocycles. The van der Waals surface area contributed by atoms with Gasteiger partial charge >= 0.3 is 0 Å². The SMILES string of the molecule is Cc1cc(N2c3ccccc3S(c3ccccc3)(c3ccccc3)c3ccccc32)cc2c1B(c1sc3c(c1Nc1ccc(C(C)(C)C)cc1)C(C)(C)CC3(C)C)c1cc3c(cc1N2c1ccc(C(C)(C)C)cc1)SC1(C3)c2ccccc2-c2ccccc21. The van der Waals surface area contributed by atoms with E-state index in [1.807, 2.05) is 0 Å². The second-order valence-electron chi connectivity index (χ2n) is 28.9. The normalized spacial score (nSPS) is 17.0. The molecule has 0 bridgehead atoms. The second kappa shape index (κ2) is 20.0. The maximum absolute atomic E-state index is 4.29. The van der Waals surface area contributed by atoms with Crippen molar-refractivity contribution < 1.29 is 0 Å². The molecule has 1 N–H and O–H groups in total. The third kappa shape index (κ3) is 8.47. The van der Waals surface area contributed by atoms with Gasteiger partial charge in [-0.1, -0.05) is 214 Å². The van der Waals surface area contributed by atoms with Crippen LogP contribution in [0.15, 0.2) is 255 Å². The molecule has 2 aliphatic carbocycles. The van der Waals surface area contributed by atoms with Gasteiger partial charge in [-0.05, 0) is 182 Å². The lowest BCUT2D eigenvalue weighted by atomic mass is 9.36. The van der Waals surface area contributed by atoms with Crippen LogP contribution in [0, 0.1) is 6.92 Å². The third-order valence-corrected chi connectivity index (χ3v) is 27.2. The highest BCUT2D eigenvalue weighted by Crippen LogP contribution is 2.79. The van der Waals surface area contributed by atoms with Crippen molar-refractivity contribution in [1.82, 2.24) is 0 Å². The van der Waals surface area contributed by atoms with Crippen LogP contribution in [0.25, 0.3) is 11.1 Å². The van der Waals surface area contributed by atoms with Gasteiger partial charge in [-0.3, -0.25) is 0 Å². The van der Waals surface area contributed by atoms with Gasteiger partial charge in [0.2, 0.25) is 0 Å². The first-order valence-electron chi connectivity index (χ1n) is 31.8. The highest BCUT2D eigenvalue weighted by molar-refractivity contribution is 8.34. The standard InChI is InChI=1S/C82H76BN3S3/c1-52-46-58(86-66-34-22-24-36-71(66)89(59-26-14-12-15-27-59,60-28-16-13-17-29-60)72-37-25-23-35-67(72)86)48-69-74(52)83(77-75(73-76(87-77)81(10,11)51-80(73,8)9)84-56-42-38-54(39-43-56)78(2,3)4)65-47-53-50-82(63-32-20-18-30-61(63)62-31-19-21-33-64(62)82)88-70(53)49-68(65)85(69)57-44-40-55(41-45-57)79(5,6)7/h12-49,84H,50-51H2,1-11H3. The fourth-order valence-corrected chi connectivity index (χ4v) is 23.8. The number of anilines is 8. The smallest absolute Gasteiger partial charge is 0.262 e. The van der Waals surface area contributed by atoms with Crippen molar-refractivity contribution in [3.05, 3.63) is 274 Å². The van der Waals surface area contributed by atoms with Gasteiger partial charge in [0.1, 0.15) is 0 Å². The van der Waals surface area contributed by atoms with Crippen molar-refractivity contribution >= 4 is 101 Å². The number of hydrogen-bond donors (Lipinski definition) is 1. The molecule has 440 valence electrons. The van der Waals surface area contributed by atoms with E-state index in [1.165, 1.54) is 124 Å². The molecule has 0 radical (unpaired) electrons. The molecular weight excluding hydrogens is 1130 g/mol. The lowest BCUT2D eigenvalue weighted by Crippen LogP contribution is -2.58. The number of nitrogens with one attached hydrogen (secondary N) is 1. The van der Waals surface area contributed by atoms with Crippen LogP contribution in [0.5, 0.6) is 0 Å². The van der Waals surface area contributed by atoms with Crippen molar-refractivity contribution in [3.63, 3.8) is 0 Å². The van der Waals surface area contributed by atoms with Crippen molar-refractivity contribution in [2.75, 3.05) is 15.1 Å². The molecule has 89 heavy (non-hydrogen) atoms. The van der Waals surface area contributed by atoms with E-state index in [1.54, 1.807) is 0 Å². The summed E-state index contributed by atoms with van der Waals surface area (Å²) in [7, 11) is -1.97. The molecule has 0 saturated carbocycles. The summed E-state index contributed by atoms with van der Waals surface area (Å²) >= 11 is 4.16. The Bertz CT molecular complexity index is 4530. The molecule has 7 heteroatoms. The monoisotopic (exact) mass is 1210 g/mol. The van der Waals surface area contributed by atoms with Crippen LogP contribution >= 0.6 is 33.1 Å². The zero-order valence-electron chi connectivity index (χ0n) is 53.1. The fraction of sp³-hybridized carbons (Fsp3) is 0.220. The molecule has 16 rings (SSSR count). The molecular formula is C82H76BN3S3. The summed E-state index contributed by atoms with van der Waals surface area (Å²) in [5, 5.41) is 4.29. The predicted octanol–water partition coefficient (Wildman–Crippen LogP) is 21.3. The predicted molar refractivity (Wildman–Crippen MR) is 383 cm³/mol. The number of hydrogen-bond acceptors (Lipinski definition) is 5. The van der Waals surface area contributed by atoms with Gasteiger partial charge in [0.05, 0.1) is 16.1 Å².